The van der Waals surface area contributed by atoms with E-state index in [1.165, 1.54) is 16.3 Å². The van der Waals surface area contributed by atoms with Crippen LogP contribution in [0.25, 0.3) is 16.7 Å². The first kappa shape index (κ1) is 22.6. The summed E-state index contributed by atoms with van der Waals surface area (Å²) in [5.74, 6) is -0.0183. The number of pyridine rings is 1. The van der Waals surface area contributed by atoms with Gasteiger partial charge in [0, 0.05) is 17.3 Å². The maximum Gasteiger partial charge on any atom is 0.268 e. The lowest BCUT2D eigenvalue weighted by atomic mass is 9.95. The van der Waals surface area contributed by atoms with Gasteiger partial charge in [0.05, 0.1) is 16.8 Å². The molecule has 0 radical (unpaired) electrons. The summed E-state index contributed by atoms with van der Waals surface area (Å²) in [6, 6.07) is 18.8. The molecule has 0 unspecified atom stereocenters. The summed E-state index contributed by atoms with van der Waals surface area (Å²) in [5, 5.41) is 4.34. The van der Waals surface area contributed by atoms with Crippen LogP contribution in [0.4, 0.5) is 0 Å². The van der Waals surface area contributed by atoms with Crippen molar-refractivity contribution in [2.45, 2.75) is 37.4 Å². The van der Waals surface area contributed by atoms with E-state index >= 15 is 0 Å². The lowest BCUT2D eigenvalue weighted by molar-refractivity contribution is -0.118. The number of carbonyl (C=O) groups is 1. The van der Waals surface area contributed by atoms with Gasteiger partial charge in [-0.3, -0.25) is 14.2 Å². The molecule has 1 aliphatic carbocycles. The number of hydrogen-bond donors (Lipinski definition) is 1. The molecule has 0 aliphatic heterocycles. The van der Waals surface area contributed by atoms with Crippen LogP contribution in [0.15, 0.2) is 70.6 Å². The lowest BCUT2D eigenvalue weighted by Gasteiger charge is -2.17. The second kappa shape index (κ2) is 9.99. The van der Waals surface area contributed by atoms with Crippen LogP contribution in [-0.2, 0) is 24.2 Å². The Morgan fingerprint density at radius 1 is 1.03 bits per heavy atom. The Labute approximate surface area is 206 Å². The molecule has 0 bridgehead atoms. The molecule has 8 heteroatoms. The molecule has 5 rings (SSSR count). The van der Waals surface area contributed by atoms with Gasteiger partial charge >= 0.3 is 0 Å². The Kier molecular flexibility index (Phi) is 6.65. The number of thioether (sulfide) groups is 1. The quantitative estimate of drug-likeness (QED) is 0.312. The summed E-state index contributed by atoms with van der Waals surface area (Å²) in [7, 11) is 0. The number of hydrogen-bond acceptors (Lipinski definition) is 5. The summed E-state index contributed by atoms with van der Waals surface area (Å²) >= 11 is 7.43. The monoisotopic (exact) mass is 490 g/mol. The molecule has 0 spiro atoms. The maximum absolute atomic E-state index is 13.6. The fraction of sp³-hybridized carbons (Fsp3) is 0.231. The zero-order chi connectivity index (χ0) is 23.5. The largest absolute Gasteiger partial charge is 0.351 e. The highest BCUT2D eigenvalue weighted by Gasteiger charge is 2.19. The van der Waals surface area contributed by atoms with Gasteiger partial charge in [0.25, 0.3) is 5.56 Å². The van der Waals surface area contributed by atoms with Crippen molar-refractivity contribution in [1.29, 1.82) is 0 Å². The predicted molar refractivity (Wildman–Crippen MR) is 136 cm³/mol. The molecule has 2 heterocycles. The molecule has 0 fully saturated rings. The van der Waals surface area contributed by atoms with Crippen molar-refractivity contribution in [3.63, 3.8) is 0 Å². The minimum absolute atomic E-state index is 0.121. The number of benzene rings is 2. The minimum atomic E-state index is -0.208. The van der Waals surface area contributed by atoms with Gasteiger partial charge in [-0.1, -0.05) is 59.8 Å². The molecule has 6 nitrogen and oxygen atoms in total. The van der Waals surface area contributed by atoms with Crippen molar-refractivity contribution in [2.75, 3.05) is 5.75 Å². The third-order valence-electron chi connectivity index (χ3n) is 5.84. The fourth-order valence-electron chi connectivity index (χ4n) is 4.13. The molecule has 0 atom stereocenters. The van der Waals surface area contributed by atoms with Crippen LogP contribution in [0.2, 0.25) is 5.02 Å². The van der Waals surface area contributed by atoms with Crippen molar-refractivity contribution in [1.82, 2.24) is 19.9 Å². The van der Waals surface area contributed by atoms with E-state index in [1.54, 1.807) is 18.2 Å². The van der Waals surface area contributed by atoms with E-state index in [0.717, 1.165) is 42.5 Å². The summed E-state index contributed by atoms with van der Waals surface area (Å²) in [6.45, 7) is 0.445. The van der Waals surface area contributed by atoms with E-state index in [9.17, 15) is 9.59 Å². The average Bonchev–Trinajstić information content (AvgIpc) is 2.86. The first-order valence-electron chi connectivity index (χ1n) is 11.2. The van der Waals surface area contributed by atoms with Gasteiger partial charge < -0.3 is 5.32 Å². The highest BCUT2D eigenvalue weighted by molar-refractivity contribution is 7.99. The molecule has 172 valence electrons. The van der Waals surface area contributed by atoms with Gasteiger partial charge in [-0.05, 0) is 61.1 Å². The first-order chi connectivity index (χ1) is 16.6. The fourth-order valence-corrected chi connectivity index (χ4v) is 5.15. The highest BCUT2D eigenvalue weighted by atomic mass is 35.5. The minimum Gasteiger partial charge on any atom is -0.351 e. The highest BCUT2D eigenvalue weighted by Crippen LogP contribution is 2.26. The average molecular weight is 491 g/mol. The third-order valence-corrected chi connectivity index (χ3v) is 7.01. The van der Waals surface area contributed by atoms with Gasteiger partial charge in [0.2, 0.25) is 5.91 Å². The lowest BCUT2D eigenvalue weighted by Crippen LogP contribution is -2.26. The van der Waals surface area contributed by atoms with Gasteiger partial charge in [0.1, 0.15) is 0 Å². The second-order valence-electron chi connectivity index (χ2n) is 8.24. The van der Waals surface area contributed by atoms with Crippen molar-refractivity contribution in [3.8, 4) is 5.69 Å². The summed E-state index contributed by atoms with van der Waals surface area (Å²) in [4.78, 5) is 35.6. The topological polar surface area (TPSA) is 76.9 Å². The Morgan fingerprint density at radius 3 is 2.68 bits per heavy atom. The van der Waals surface area contributed by atoms with Crippen LogP contribution in [0.1, 0.15) is 29.7 Å². The number of carbonyl (C=O) groups excluding carboxylic acids is 1. The Morgan fingerprint density at radius 2 is 1.85 bits per heavy atom. The van der Waals surface area contributed by atoms with Gasteiger partial charge in [-0.25, -0.2) is 9.97 Å². The van der Waals surface area contributed by atoms with Crippen molar-refractivity contribution in [3.05, 3.63) is 92.9 Å². The van der Waals surface area contributed by atoms with Crippen LogP contribution in [-0.4, -0.2) is 26.2 Å². The van der Waals surface area contributed by atoms with Crippen molar-refractivity contribution < 1.29 is 4.79 Å². The van der Waals surface area contributed by atoms with Crippen LogP contribution < -0.4 is 10.9 Å². The molecular weight excluding hydrogens is 468 g/mol. The molecule has 0 saturated heterocycles. The molecule has 34 heavy (non-hydrogen) atoms. The van der Waals surface area contributed by atoms with E-state index in [1.807, 2.05) is 42.5 Å². The first-order valence-corrected chi connectivity index (χ1v) is 12.6. The molecule has 0 saturated carbocycles. The smallest absolute Gasteiger partial charge is 0.268 e. The van der Waals surface area contributed by atoms with Crippen LogP contribution in [0.3, 0.4) is 0 Å². The van der Waals surface area contributed by atoms with Crippen LogP contribution >= 0.6 is 23.4 Å². The predicted octanol–water partition coefficient (Wildman–Crippen LogP) is 4.72. The summed E-state index contributed by atoms with van der Waals surface area (Å²) < 4.78 is 1.53. The molecule has 1 aliphatic rings. The normalized spacial score (nSPS) is 13.0. The summed E-state index contributed by atoms with van der Waals surface area (Å²) in [5.41, 5.74) is 3.99. The number of aromatic nitrogens is 3. The molecule has 1 amide bonds. The summed E-state index contributed by atoms with van der Waals surface area (Å²) in [6.07, 6.45) is 4.01. The Balaban J connectivity index is 1.49. The number of rotatable bonds is 6. The van der Waals surface area contributed by atoms with Crippen molar-refractivity contribution in [2.24, 2.45) is 0 Å². The van der Waals surface area contributed by atoms with E-state index in [4.69, 9.17) is 21.6 Å². The van der Waals surface area contributed by atoms with Crippen molar-refractivity contribution >= 4 is 40.3 Å². The standard InChI is InChI=1S/C26H23ClN4O2S/c27-19-10-6-11-20(14-19)31-25(33)21-13-18-9-4-5-12-22(18)29-24(21)30-26(31)34-16-23(32)28-15-17-7-2-1-3-8-17/h1-3,6-8,10-11,13-14H,4-5,9,12,15-16H2,(H,28,32). The van der Waals surface area contributed by atoms with Crippen LogP contribution in [0.5, 0.6) is 0 Å². The molecule has 1 N–H and O–H groups in total. The van der Waals surface area contributed by atoms with E-state index < -0.39 is 0 Å². The zero-order valence-electron chi connectivity index (χ0n) is 18.5. The number of nitrogens with one attached hydrogen (secondary N) is 1. The number of fused-ring (bicyclic) bond motifs is 2. The zero-order valence-corrected chi connectivity index (χ0v) is 20.0. The van der Waals surface area contributed by atoms with Gasteiger partial charge in [-0.15, -0.1) is 0 Å². The molecule has 2 aromatic carbocycles. The molecule has 2 aromatic heterocycles. The van der Waals surface area contributed by atoms with E-state index in [-0.39, 0.29) is 17.2 Å². The number of aryl methyl sites for hydroxylation is 2. The van der Waals surface area contributed by atoms with Gasteiger partial charge in [0.15, 0.2) is 10.8 Å². The Hall–Kier alpha value is -3.16. The van der Waals surface area contributed by atoms with Gasteiger partial charge in [-0.2, -0.15) is 0 Å². The molecular formula is C26H23ClN4O2S. The second-order valence-corrected chi connectivity index (χ2v) is 9.62. The molecule has 4 aromatic rings. The van der Waals surface area contributed by atoms with E-state index in [2.05, 4.69) is 5.32 Å². The van der Waals surface area contributed by atoms with E-state index in [0.29, 0.717) is 33.4 Å². The number of amides is 1. The van der Waals surface area contributed by atoms with Crippen LogP contribution in [0, 0.1) is 0 Å². The number of nitrogens with zero attached hydrogens (tertiary/aromatic N) is 3. The maximum atomic E-state index is 13.6. The third kappa shape index (κ3) is 4.86. The Bertz CT molecular complexity index is 1420. The number of halogens is 1. The SMILES string of the molecule is O=C(CSc1nc2nc3c(cc2c(=O)n1-c1cccc(Cl)c1)CCCC3)NCc1ccccc1.